The van der Waals surface area contributed by atoms with Crippen molar-refractivity contribution in [3.63, 3.8) is 0 Å². The van der Waals surface area contributed by atoms with Gasteiger partial charge in [0.1, 0.15) is 0 Å². The number of aryl methyl sites for hydroxylation is 2. The predicted octanol–water partition coefficient (Wildman–Crippen LogP) is 1.32. The van der Waals surface area contributed by atoms with E-state index in [1.165, 1.54) is 0 Å². The maximum absolute atomic E-state index is 10.9. The molecule has 2 N–H and O–H groups in total. The van der Waals surface area contributed by atoms with Crippen LogP contribution in [-0.4, -0.2) is 5.21 Å². The van der Waals surface area contributed by atoms with E-state index in [0.717, 1.165) is 22.3 Å². The summed E-state index contributed by atoms with van der Waals surface area (Å²) < 4.78 is 0. The zero-order valence-electron chi connectivity index (χ0n) is 8.43. The van der Waals surface area contributed by atoms with E-state index in [1.54, 1.807) is 0 Å². The molecule has 3 heteroatoms. The first-order chi connectivity index (χ1) is 5.95. The quantitative estimate of drug-likeness (QED) is 0.642. The first kappa shape index (κ1) is 10.2. The summed E-state index contributed by atoms with van der Waals surface area (Å²) in [5.74, 6) is 0. The van der Waals surface area contributed by atoms with Gasteiger partial charge in [-0.25, -0.2) is 5.21 Å². The minimum atomic E-state index is -0.832. The molecule has 1 unspecified atom stereocenters. The third-order valence-corrected chi connectivity index (χ3v) is 2.58. The monoisotopic (exact) mass is 181 g/mol. The van der Waals surface area contributed by atoms with Crippen LogP contribution in [-0.2, 0) is 0 Å². The molecular formula is C10H15NO2. The van der Waals surface area contributed by atoms with Gasteiger partial charge in [-0.2, -0.15) is 5.23 Å². The Balaban J connectivity index is 3.46. The summed E-state index contributed by atoms with van der Waals surface area (Å²) in [5.41, 5.74) is 4.28. The van der Waals surface area contributed by atoms with E-state index in [1.807, 2.05) is 33.8 Å². The molecular weight excluding hydrogens is 166 g/mol. The van der Waals surface area contributed by atoms with Crippen molar-refractivity contribution < 1.29 is 10.4 Å². The summed E-state index contributed by atoms with van der Waals surface area (Å²) in [6.45, 7) is 7.58. The highest BCUT2D eigenvalue weighted by Gasteiger charge is 2.13. The molecule has 0 aliphatic rings. The van der Waals surface area contributed by atoms with Gasteiger partial charge in [-0.3, -0.25) is 0 Å². The molecule has 0 saturated carbocycles. The van der Waals surface area contributed by atoms with Crippen LogP contribution in [0.25, 0.3) is 0 Å². The molecule has 0 bridgehead atoms. The molecule has 0 aliphatic carbocycles. The molecule has 3 nitrogen and oxygen atoms in total. The number of nitrogens with one attached hydrogen (secondary N) is 1. The molecule has 0 spiro atoms. The molecule has 13 heavy (non-hydrogen) atoms. The Hall–Kier alpha value is -0.900. The number of hydrogen-bond donors (Lipinski definition) is 2. The molecule has 0 aromatic heterocycles. The van der Waals surface area contributed by atoms with E-state index >= 15 is 0 Å². The van der Waals surface area contributed by atoms with Gasteiger partial charge in [-0.15, -0.1) is 0 Å². The molecule has 1 atom stereocenters. The molecule has 72 valence electrons. The van der Waals surface area contributed by atoms with Crippen LogP contribution >= 0.6 is 0 Å². The highest BCUT2D eigenvalue weighted by molar-refractivity contribution is 5.53. The van der Waals surface area contributed by atoms with Gasteiger partial charge in [-0.1, -0.05) is 6.07 Å². The lowest BCUT2D eigenvalue weighted by molar-refractivity contribution is -0.991. The van der Waals surface area contributed by atoms with Crippen molar-refractivity contribution in [1.29, 1.82) is 0 Å². The van der Waals surface area contributed by atoms with Crippen molar-refractivity contribution in [2.75, 3.05) is 0 Å². The number of rotatable bonds is 1. The van der Waals surface area contributed by atoms with Crippen LogP contribution in [0.5, 0.6) is 0 Å². The smallest absolute Gasteiger partial charge is 0.170 e. The van der Waals surface area contributed by atoms with Crippen LogP contribution in [0.15, 0.2) is 6.07 Å². The summed E-state index contributed by atoms with van der Waals surface area (Å²) >= 11 is 0. The molecule has 1 aromatic rings. The third kappa shape index (κ3) is 1.72. The van der Waals surface area contributed by atoms with Gasteiger partial charge in [0, 0.05) is 11.1 Å². The van der Waals surface area contributed by atoms with Crippen molar-refractivity contribution in [2.24, 2.45) is 0 Å². The van der Waals surface area contributed by atoms with E-state index in [2.05, 4.69) is 0 Å². The van der Waals surface area contributed by atoms with Crippen molar-refractivity contribution in [3.05, 3.63) is 33.5 Å². The van der Waals surface area contributed by atoms with Crippen molar-refractivity contribution in [2.45, 2.75) is 27.7 Å². The fraction of sp³-hybridized carbons (Fsp3) is 0.400. The van der Waals surface area contributed by atoms with Crippen LogP contribution in [0, 0.1) is 32.9 Å². The maximum atomic E-state index is 10.9. The molecule has 0 fully saturated rings. The van der Waals surface area contributed by atoms with Gasteiger partial charge >= 0.3 is 0 Å². The Kier molecular flexibility index (Phi) is 2.71. The lowest BCUT2D eigenvalue weighted by atomic mass is 9.99. The standard InChI is InChI=1S/C10H15NO2/c1-6-5-7(2)9(4)10(8(6)3)11(12)13/h5,11-12H,1-4H3. The van der Waals surface area contributed by atoms with Crippen LogP contribution in [0.3, 0.4) is 0 Å². The Morgan fingerprint density at radius 1 is 1.08 bits per heavy atom. The van der Waals surface area contributed by atoms with E-state index < -0.39 is 5.23 Å². The minimum Gasteiger partial charge on any atom is -0.595 e. The number of hydrogen-bond acceptors (Lipinski definition) is 2. The zero-order valence-corrected chi connectivity index (χ0v) is 8.43. The summed E-state index contributed by atoms with van der Waals surface area (Å²) in [7, 11) is 0. The number of benzene rings is 1. The Morgan fingerprint density at radius 2 is 1.46 bits per heavy atom. The normalized spacial score (nSPS) is 13.1. The first-order valence-corrected chi connectivity index (χ1v) is 4.26. The average Bonchev–Trinajstić information content (AvgIpc) is 2.01. The zero-order chi connectivity index (χ0) is 10.2. The van der Waals surface area contributed by atoms with Crippen molar-refractivity contribution in [1.82, 2.24) is 0 Å². The van der Waals surface area contributed by atoms with Gasteiger partial charge in [0.2, 0.25) is 0 Å². The molecule has 1 aromatic carbocycles. The second kappa shape index (κ2) is 3.46. The second-order valence-electron chi connectivity index (χ2n) is 3.44. The minimum absolute atomic E-state index is 0.456. The summed E-state index contributed by atoms with van der Waals surface area (Å²) in [6.07, 6.45) is 0. The fourth-order valence-electron chi connectivity index (χ4n) is 1.54. The van der Waals surface area contributed by atoms with Gasteiger partial charge in [0.05, 0.1) is 0 Å². The first-order valence-electron chi connectivity index (χ1n) is 4.26. The van der Waals surface area contributed by atoms with Crippen LogP contribution in [0.2, 0.25) is 0 Å². The SMILES string of the molecule is Cc1cc(C)c(C)c([NH+]([O-])O)c1C. The average molecular weight is 181 g/mol. The van der Waals surface area contributed by atoms with Crippen LogP contribution in [0.1, 0.15) is 22.3 Å². The topological polar surface area (TPSA) is 47.7 Å². The third-order valence-electron chi connectivity index (χ3n) is 2.58. The van der Waals surface area contributed by atoms with E-state index in [-0.39, 0.29) is 0 Å². The molecule has 0 radical (unpaired) electrons. The van der Waals surface area contributed by atoms with Gasteiger partial charge in [-0.05, 0) is 38.8 Å². The second-order valence-corrected chi connectivity index (χ2v) is 3.44. The highest BCUT2D eigenvalue weighted by Crippen LogP contribution is 2.22. The van der Waals surface area contributed by atoms with Crippen LogP contribution in [0.4, 0.5) is 5.69 Å². The Bertz CT molecular complexity index is 306. The van der Waals surface area contributed by atoms with Gasteiger partial charge in [0.25, 0.3) is 0 Å². The lowest BCUT2D eigenvalue weighted by Crippen LogP contribution is -2.99. The van der Waals surface area contributed by atoms with E-state index in [9.17, 15) is 5.21 Å². The Labute approximate surface area is 78.1 Å². The summed E-state index contributed by atoms with van der Waals surface area (Å²) in [5, 5.41) is 19.1. The maximum Gasteiger partial charge on any atom is 0.170 e. The van der Waals surface area contributed by atoms with E-state index in [4.69, 9.17) is 5.21 Å². The lowest BCUT2D eigenvalue weighted by Gasteiger charge is -2.19. The summed E-state index contributed by atoms with van der Waals surface area (Å²) in [4.78, 5) is 0. The van der Waals surface area contributed by atoms with Crippen molar-refractivity contribution >= 4 is 5.69 Å². The predicted molar refractivity (Wildman–Crippen MR) is 51.2 cm³/mol. The molecule has 0 amide bonds. The fourth-order valence-corrected chi connectivity index (χ4v) is 1.54. The summed E-state index contributed by atoms with van der Waals surface area (Å²) in [6, 6.07) is 2.02. The number of quaternary nitrogens is 1. The Morgan fingerprint density at radius 3 is 1.77 bits per heavy atom. The molecule has 0 heterocycles. The van der Waals surface area contributed by atoms with Gasteiger partial charge in [0.15, 0.2) is 5.69 Å². The van der Waals surface area contributed by atoms with E-state index in [0.29, 0.717) is 5.69 Å². The van der Waals surface area contributed by atoms with Gasteiger partial charge < -0.3 is 5.21 Å². The highest BCUT2D eigenvalue weighted by atomic mass is 16.8. The van der Waals surface area contributed by atoms with Crippen molar-refractivity contribution in [3.8, 4) is 0 Å². The van der Waals surface area contributed by atoms with Crippen LogP contribution < -0.4 is 5.23 Å². The largest absolute Gasteiger partial charge is 0.595 e. The molecule has 1 rings (SSSR count). The molecule has 0 aliphatic heterocycles. The molecule has 0 saturated heterocycles.